The molecule has 0 spiro atoms. The van der Waals surface area contributed by atoms with E-state index in [1.165, 1.54) is 51.7 Å². The van der Waals surface area contributed by atoms with Crippen molar-refractivity contribution in [2.45, 2.75) is 38.1 Å². The molecule has 1 saturated carbocycles. The molecule has 0 aromatic carbocycles. The Morgan fingerprint density at radius 2 is 1.64 bits per heavy atom. The minimum Gasteiger partial charge on any atom is -0.304 e. The van der Waals surface area contributed by atoms with Gasteiger partial charge in [0.25, 0.3) is 0 Å². The van der Waals surface area contributed by atoms with Crippen molar-refractivity contribution in [2.24, 2.45) is 5.92 Å². The number of piperazine rings is 1. The molecular weight excluding hydrogens is 172 g/mol. The van der Waals surface area contributed by atoms with Crippen molar-refractivity contribution in [3.05, 3.63) is 0 Å². The summed E-state index contributed by atoms with van der Waals surface area (Å²) in [5.41, 5.74) is 0. The van der Waals surface area contributed by atoms with Gasteiger partial charge in [-0.1, -0.05) is 19.3 Å². The lowest BCUT2D eigenvalue weighted by molar-refractivity contribution is 0.0613. The summed E-state index contributed by atoms with van der Waals surface area (Å²) in [7, 11) is 4.58. The van der Waals surface area contributed by atoms with Crippen LogP contribution in [0, 0.1) is 5.92 Å². The predicted molar refractivity (Wildman–Crippen MR) is 60.5 cm³/mol. The number of hydrogen-bond donors (Lipinski definition) is 0. The van der Waals surface area contributed by atoms with Crippen LogP contribution in [0.5, 0.6) is 0 Å². The highest BCUT2D eigenvalue weighted by Crippen LogP contribution is 2.29. The van der Waals surface area contributed by atoms with E-state index in [0.29, 0.717) is 0 Å². The van der Waals surface area contributed by atoms with E-state index in [9.17, 15) is 0 Å². The summed E-state index contributed by atoms with van der Waals surface area (Å²) in [5.74, 6) is 0.983. The zero-order chi connectivity index (χ0) is 9.97. The lowest BCUT2D eigenvalue weighted by Gasteiger charge is -2.43. The van der Waals surface area contributed by atoms with Crippen LogP contribution in [0.15, 0.2) is 0 Å². The van der Waals surface area contributed by atoms with Gasteiger partial charge in [0, 0.05) is 25.7 Å². The minimum absolute atomic E-state index is 0.842. The fourth-order valence-corrected chi connectivity index (χ4v) is 3.07. The predicted octanol–water partition coefficient (Wildman–Crippen LogP) is 1.81. The highest BCUT2D eigenvalue weighted by atomic mass is 15.3. The fourth-order valence-electron chi connectivity index (χ4n) is 3.07. The van der Waals surface area contributed by atoms with Gasteiger partial charge in [-0.25, -0.2) is 0 Å². The van der Waals surface area contributed by atoms with Gasteiger partial charge >= 0.3 is 0 Å². The van der Waals surface area contributed by atoms with Crippen LogP contribution in [0.4, 0.5) is 0 Å². The van der Waals surface area contributed by atoms with E-state index < -0.39 is 0 Å². The molecule has 2 aliphatic rings. The number of nitrogens with zero attached hydrogens (tertiary/aromatic N) is 2. The third kappa shape index (κ3) is 2.29. The third-order valence-corrected chi connectivity index (χ3v) is 4.09. The lowest BCUT2D eigenvalue weighted by atomic mass is 9.82. The van der Waals surface area contributed by atoms with Gasteiger partial charge in [-0.3, -0.25) is 0 Å². The molecule has 1 aliphatic carbocycles. The topological polar surface area (TPSA) is 6.48 Å². The number of likely N-dealkylation sites (N-methyl/N-ethyl adjacent to an activating group) is 2. The van der Waals surface area contributed by atoms with Crippen molar-refractivity contribution in [2.75, 3.05) is 33.7 Å². The summed E-state index contributed by atoms with van der Waals surface area (Å²) < 4.78 is 0. The Kier molecular flexibility index (Phi) is 3.45. The first-order valence-corrected chi connectivity index (χ1v) is 6.16. The minimum atomic E-state index is 0.842. The molecule has 0 N–H and O–H groups in total. The Hall–Kier alpha value is -0.0800. The van der Waals surface area contributed by atoms with E-state index in [1.54, 1.807) is 0 Å². The van der Waals surface area contributed by atoms with Crippen LogP contribution < -0.4 is 0 Å². The van der Waals surface area contributed by atoms with Gasteiger partial charge in [-0.05, 0) is 32.9 Å². The average molecular weight is 196 g/mol. The second kappa shape index (κ2) is 4.63. The van der Waals surface area contributed by atoms with Gasteiger partial charge < -0.3 is 9.80 Å². The molecule has 1 atom stereocenters. The molecule has 1 unspecified atom stereocenters. The van der Waals surface area contributed by atoms with Crippen molar-refractivity contribution >= 4 is 0 Å². The maximum atomic E-state index is 2.59. The molecule has 0 amide bonds. The SMILES string of the molecule is CN1CCN(C)C(C2CCCCC2)C1. The van der Waals surface area contributed by atoms with E-state index in [1.807, 2.05) is 0 Å². The quantitative estimate of drug-likeness (QED) is 0.631. The van der Waals surface area contributed by atoms with Crippen LogP contribution in [0.1, 0.15) is 32.1 Å². The maximum absolute atomic E-state index is 2.59. The largest absolute Gasteiger partial charge is 0.304 e. The van der Waals surface area contributed by atoms with Crippen molar-refractivity contribution < 1.29 is 0 Å². The van der Waals surface area contributed by atoms with E-state index in [2.05, 4.69) is 23.9 Å². The first kappa shape index (κ1) is 10.4. The Balaban J connectivity index is 1.92. The van der Waals surface area contributed by atoms with Crippen molar-refractivity contribution in [1.82, 2.24) is 9.80 Å². The second-order valence-electron chi connectivity index (χ2n) is 5.21. The average Bonchev–Trinajstić information content (AvgIpc) is 2.23. The molecule has 1 aliphatic heterocycles. The van der Waals surface area contributed by atoms with Gasteiger partial charge in [0.2, 0.25) is 0 Å². The normalized spacial score (nSPS) is 33.4. The summed E-state index contributed by atoms with van der Waals surface area (Å²) in [6, 6.07) is 0.842. The molecule has 2 nitrogen and oxygen atoms in total. The molecule has 2 rings (SSSR count). The van der Waals surface area contributed by atoms with Gasteiger partial charge in [0.15, 0.2) is 0 Å². The number of rotatable bonds is 1. The van der Waals surface area contributed by atoms with Gasteiger partial charge in [0.1, 0.15) is 0 Å². The zero-order valence-electron chi connectivity index (χ0n) is 9.71. The van der Waals surface area contributed by atoms with Crippen LogP contribution in [-0.2, 0) is 0 Å². The molecule has 0 bridgehead atoms. The molecular formula is C12H24N2. The third-order valence-electron chi connectivity index (χ3n) is 4.09. The van der Waals surface area contributed by atoms with E-state index in [4.69, 9.17) is 0 Å². The fraction of sp³-hybridized carbons (Fsp3) is 1.00. The van der Waals surface area contributed by atoms with Crippen LogP contribution in [0.25, 0.3) is 0 Å². The Morgan fingerprint density at radius 1 is 0.929 bits per heavy atom. The van der Waals surface area contributed by atoms with Crippen LogP contribution in [0.2, 0.25) is 0 Å². The molecule has 14 heavy (non-hydrogen) atoms. The standard InChI is InChI=1S/C12H24N2/c1-13-8-9-14(2)12(10-13)11-6-4-3-5-7-11/h11-12H,3-10H2,1-2H3. The maximum Gasteiger partial charge on any atom is 0.0248 e. The Bertz CT molecular complexity index is 175. The zero-order valence-corrected chi connectivity index (χ0v) is 9.71. The van der Waals surface area contributed by atoms with E-state index in [0.717, 1.165) is 12.0 Å². The summed E-state index contributed by atoms with van der Waals surface area (Å²) in [4.78, 5) is 5.09. The number of hydrogen-bond acceptors (Lipinski definition) is 2. The molecule has 2 heteroatoms. The molecule has 1 saturated heterocycles. The van der Waals surface area contributed by atoms with Crippen molar-refractivity contribution in [1.29, 1.82) is 0 Å². The van der Waals surface area contributed by atoms with Gasteiger partial charge in [0.05, 0.1) is 0 Å². The lowest BCUT2D eigenvalue weighted by Crippen LogP contribution is -2.53. The Labute approximate surface area is 88.3 Å². The molecule has 1 heterocycles. The van der Waals surface area contributed by atoms with Crippen LogP contribution in [-0.4, -0.2) is 49.6 Å². The van der Waals surface area contributed by atoms with E-state index >= 15 is 0 Å². The summed E-state index contributed by atoms with van der Waals surface area (Å²) in [5, 5.41) is 0. The summed E-state index contributed by atoms with van der Waals surface area (Å²) >= 11 is 0. The highest BCUT2D eigenvalue weighted by molar-refractivity contribution is 4.85. The van der Waals surface area contributed by atoms with Crippen LogP contribution in [0.3, 0.4) is 0 Å². The molecule has 2 fully saturated rings. The van der Waals surface area contributed by atoms with Crippen molar-refractivity contribution in [3.63, 3.8) is 0 Å². The molecule has 0 radical (unpaired) electrons. The van der Waals surface area contributed by atoms with Gasteiger partial charge in [-0.15, -0.1) is 0 Å². The Morgan fingerprint density at radius 3 is 2.36 bits per heavy atom. The molecule has 82 valence electrons. The first-order chi connectivity index (χ1) is 6.77. The molecule has 0 aromatic rings. The highest BCUT2D eigenvalue weighted by Gasteiger charge is 2.30. The first-order valence-electron chi connectivity index (χ1n) is 6.16. The van der Waals surface area contributed by atoms with Gasteiger partial charge in [-0.2, -0.15) is 0 Å². The summed E-state index contributed by atoms with van der Waals surface area (Å²) in [6.45, 7) is 3.80. The van der Waals surface area contributed by atoms with E-state index in [-0.39, 0.29) is 0 Å². The monoisotopic (exact) mass is 196 g/mol. The summed E-state index contributed by atoms with van der Waals surface area (Å²) in [6.07, 6.45) is 7.37. The smallest absolute Gasteiger partial charge is 0.0248 e. The van der Waals surface area contributed by atoms with Crippen LogP contribution >= 0.6 is 0 Å². The van der Waals surface area contributed by atoms with Crippen molar-refractivity contribution in [3.8, 4) is 0 Å². The second-order valence-corrected chi connectivity index (χ2v) is 5.21. The molecule has 0 aromatic heterocycles.